The van der Waals surface area contributed by atoms with Crippen LogP contribution in [0.15, 0.2) is 34.1 Å². The molecule has 0 radical (unpaired) electrons. The van der Waals surface area contributed by atoms with Gasteiger partial charge in [0.05, 0.1) is 12.1 Å². The highest BCUT2D eigenvalue weighted by Gasteiger charge is 2.08. The van der Waals surface area contributed by atoms with Crippen LogP contribution in [0.25, 0.3) is 0 Å². The summed E-state index contributed by atoms with van der Waals surface area (Å²) in [5.74, 6) is -1.01. The highest BCUT2D eigenvalue weighted by atomic mass is 79.9. The molecule has 0 fully saturated rings. The molecule has 0 aliphatic carbocycles. The van der Waals surface area contributed by atoms with E-state index < -0.39 is 5.97 Å². The number of thiophene rings is 1. The summed E-state index contributed by atoms with van der Waals surface area (Å²) in [6.45, 7) is 0.671. The van der Waals surface area contributed by atoms with E-state index in [2.05, 4.69) is 21.2 Å². The molecule has 1 aromatic carbocycles. The van der Waals surface area contributed by atoms with Crippen molar-refractivity contribution < 1.29 is 9.90 Å². The second-order valence-corrected chi connectivity index (χ2v) is 5.51. The molecule has 1 heterocycles. The summed E-state index contributed by atoms with van der Waals surface area (Å²) in [5.41, 5.74) is 6.86. The van der Waals surface area contributed by atoms with Crippen LogP contribution in [-0.4, -0.2) is 11.1 Å². The van der Waals surface area contributed by atoms with Gasteiger partial charge < -0.3 is 16.2 Å². The largest absolute Gasteiger partial charge is 0.478 e. The first-order valence-electron chi connectivity index (χ1n) is 5.16. The Morgan fingerprint density at radius 1 is 1.44 bits per heavy atom. The van der Waals surface area contributed by atoms with Crippen molar-refractivity contribution in [2.75, 3.05) is 11.1 Å². The number of halogens is 1. The lowest BCUT2D eigenvalue weighted by atomic mass is 10.1. The van der Waals surface area contributed by atoms with Crippen molar-refractivity contribution in [3.05, 3.63) is 44.6 Å². The number of benzene rings is 1. The van der Waals surface area contributed by atoms with Gasteiger partial charge >= 0.3 is 5.97 Å². The highest BCUT2D eigenvalue weighted by Crippen LogP contribution is 2.24. The van der Waals surface area contributed by atoms with Gasteiger partial charge in [-0.05, 0) is 45.6 Å². The number of nitrogen functional groups attached to an aromatic ring is 1. The van der Waals surface area contributed by atoms with Gasteiger partial charge in [-0.25, -0.2) is 4.79 Å². The Kier molecular flexibility index (Phi) is 3.88. The molecule has 2 rings (SSSR count). The van der Waals surface area contributed by atoms with E-state index in [9.17, 15) is 4.79 Å². The van der Waals surface area contributed by atoms with Gasteiger partial charge in [0.25, 0.3) is 0 Å². The Morgan fingerprint density at radius 2 is 2.22 bits per heavy atom. The predicted molar refractivity (Wildman–Crippen MR) is 77.2 cm³/mol. The fourth-order valence-electron chi connectivity index (χ4n) is 1.50. The Bertz CT molecular complexity index is 583. The molecule has 0 unspecified atom stereocenters. The van der Waals surface area contributed by atoms with Crippen molar-refractivity contribution in [2.24, 2.45) is 0 Å². The van der Waals surface area contributed by atoms with Crippen LogP contribution in [0.3, 0.4) is 0 Å². The first-order chi connectivity index (χ1) is 8.58. The quantitative estimate of drug-likeness (QED) is 0.752. The van der Waals surface area contributed by atoms with Gasteiger partial charge in [-0.1, -0.05) is 0 Å². The first-order valence-corrected chi connectivity index (χ1v) is 6.84. The van der Waals surface area contributed by atoms with Gasteiger partial charge in [0, 0.05) is 20.7 Å². The molecule has 0 spiro atoms. The smallest absolute Gasteiger partial charge is 0.337 e. The molecule has 1 aromatic heterocycles. The number of carboxylic acids is 1. The SMILES string of the molecule is Nc1cc(NCc2sccc2Br)ccc1C(=O)O. The second kappa shape index (κ2) is 5.41. The molecule has 0 aliphatic heterocycles. The van der Waals surface area contributed by atoms with E-state index in [4.69, 9.17) is 10.8 Å². The fourth-order valence-corrected chi connectivity index (χ4v) is 2.93. The summed E-state index contributed by atoms with van der Waals surface area (Å²) in [6.07, 6.45) is 0. The summed E-state index contributed by atoms with van der Waals surface area (Å²) in [4.78, 5) is 12.0. The standard InChI is InChI=1S/C12H11BrN2O2S/c13-9-3-4-18-11(9)6-15-7-1-2-8(12(16)17)10(14)5-7/h1-5,15H,6,14H2,(H,16,17). The Morgan fingerprint density at radius 3 is 2.78 bits per heavy atom. The number of nitrogens with one attached hydrogen (secondary N) is 1. The molecule has 18 heavy (non-hydrogen) atoms. The van der Waals surface area contributed by atoms with E-state index in [1.165, 1.54) is 10.9 Å². The lowest BCUT2D eigenvalue weighted by Crippen LogP contribution is -2.04. The zero-order valence-corrected chi connectivity index (χ0v) is 11.7. The minimum absolute atomic E-state index is 0.123. The average molecular weight is 327 g/mol. The van der Waals surface area contributed by atoms with Crippen molar-refractivity contribution in [2.45, 2.75) is 6.54 Å². The molecule has 0 saturated heterocycles. The number of aromatic carboxylic acids is 1. The number of hydrogen-bond donors (Lipinski definition) is 3. The predicted octanol–water partition coefficient (Wildman–Crippen LogP) is 3.40. The van der Waals surface area contributed by atoms with E-state index in [0.717, 1.165) is 10.2 Å². The average Bonchev–Trinajstić information content (AvgIpc) is 2.72. The third-order valence-corrected chi connectivity index (χ3v) is 4.35. The minimum Gasteiger partial charge on any atom is -0.478 e. The molecule has 4 N–H and O–H groups in total. The molecule has 4 nitrogen and oxygen atoms in total. The van der Waals surface area contributed by atoms with Gasteiger partial charge in [-0.3, -0.25) is 0 Å². The lowest BCUT2D eigenvalue weighted by Gasteiger charge is -2.08. The van der Waals surface area contributed by atoms with Crippen LogP contribution >= 0.6 is 27.3 Å². The summed E-state index contributed by atoms with van der Waals surface area (Å²) in [6, 6.07) is 6.83. The molecular formula is C12H11BrN2O2S. The van der Waals surface area contributed by atoms with Gasteiger partial charge in [0.2, 0.25) is 0 Å². The van der Waals surface area contributed by atoms with Gasteiger partial charge in [-0.2, -0.15) is 0 Å². The zero-order chi connectivity index (χ0) is 13.1. The molecule has 94 valence electrons. The summed E-state index contributed by atoms with van der Waals surface area (Å²) in [5, 5.41) is 14.1. The highest BCUT2D eigenvalue weighted by molar-refractivity contribution is 9.10. The van der Waals surface area contributed by atoms with Crippen LogP contribution in [0.5, 0.6) is 0 Å². The molecule has 6 heteroatoms. The molecule has 2 aromatic rings. The number of nitrogens with two attached hydrogens (primary N) is 1. The van der Waals surface area contributed by atoms with Crippen LogP contribution < -0.4 is 11.1 Å². The fraction of sp³-hybridized carbons (Fsp3) is 0.0833. The normalized spacial score (nSPS) is 10.3. The van der Waals surface area contributed by atoms with Crippen molar-refractivity contribution in [3.63, 3.8) is 0 Å². The summed E-state index contributed by atoms with van der Waals surface area (Å²) >= 11 is 5.10. The van der Waals surface area contributed by atoms with Crippen LogP contribution in [0.2, 0.25) is 0 Å². The van der Waals surface area contributed by atoms with E-state index >= 15 is 0 Å². The van der Waals surface area contributed by atoms with Crippen molar-refractivity contribution in [1.29, 1.82) is 0 Å². The Balaban J connectivity index is 2.09. The van der Waals surface area contributed by atoms with Crippen molar-refractivity contribution in [1.82, 2.24) is 0 Å². The summed E-state index contributed by atoms with van der Waals surface area (Å²) < 4.78 is 1.06. The maximum Gasteiger partial charge on any atom is 0.337 e. The molecule has 0 aliphatic rings. The number of hydrogen-bond acceptors (Lipinski definition) is 4. The summed E-state index contributed by atoms with van der Waals surface area (Å²) in [7, 11) is 0. The molecule has 0 amide bonds. The van der Waals surface area contributed by atoms with E-state index in [1.807, 2.05) is 11.4 Å². The molecule has 0 atom stereocenters. The monoisotopic (exact) mass is 326 g/mol. The van der Waals surface area contributed by atoms with Crippen LogP contribution in [0.4, 0.5) is 11.4 Å². The third-order valence-electron chi connectivity index (χ3n) is 2.43. The number of anilines is 2. The maximum atomic E-state index is 10.8. The van der Waals surface area contributed by atoms with E-state index in [-0.39, 0.29) is 11.3 Å². The van der Waals surface area contributed by atoms with E-state index in [0.29, 0.717) is 6.54 Å². The Labute approximate surface area is 117 Å². The van der Waals surface area contributed by atoms with Gasteiger partial charge in [-0.15, -0.1) is 11.3 Å². The molecular weight excluding hydrogens is 316 g/mol. The van der Waals surface area contributed by atoms with Gasteiger partial charge in [0.1, 0.15) is 0 Å². The van der Waals surface area contributed by atoms with Crippen molar-refractivity contribution >= 4 is 44.6 Å². The topological polar surface area (TPSA) is 75.3 Å². The second-order valence-electron chi connectivity index (χ2n) is 3.65. The number of carbonyl (C=O) groups is 1. The third kappa shape index (κ3) is 2.83. The van der Waals surface area contributed by atoms with Crippen molar-refractivity contribution in [3.8, 4) is 0 Å². The van der Waals surface area contributed by atoms with Crippen LogP contribution in [0.1, 0.15) is 15.2 Å². The van der Waals surface area contributed by atoms with Crippen LogP contribution in [-0.2, 0) is 6.54 Å². The number of carboxylic acid groups (broad SMARTS) is 1. The van der Waals surface area contributed by atoms with Crippen LogP contribution in [0, 0.1) is 0 Å². The first kappa shape index (κ1) is 12.9. The van der Waals surface area contributed by atoms with E-state index in [1.54, 1.807) is 23.5 Å². The lowest BCUT2D eigenvalue weighted by molar-refractivity contribution is 0.0698. The Hall–Kier alpha value is -1.53. The van der Waals surface area contributed by atoms with Gasteiger partial charge in [0.15, 0.2) is 0 Å². The maximum absolute atomic E-state index is 10.8. The molecule has 0 bridgehead atoms. The number of rotatable bonds is 4. The minimum atomic E-state index is -1.01. The molecule has 0 saturated carbocycles. The zero-order valence-electron chi connectivity index (χ0n) is 9.31.